The third-order valence-electron chi connectivity index (χ3n) is 10.8. The predicted molar refractivity (Wildman–Crippen MR) is 216 cm³/mol. The standard InChI is InChI=1S/C44H53BrFN3O7/c1-5-54-34-20-29(21-35(24-34)55-6-2)25-49(33-14-15-33)42(51)41-36(23-32-26-48(27-38(41)47-32)40(50)17-18-44(3,4)43(52)53)30-11-9-28(10-12-30)8-7-19-56-39-22-31(46)13-16-37(39)45/h9-13,16,20-22,24,32-33,38,47H,5-8,14-15,17-19,23,25-27H2,1-4H3,(H,52,53)/t32-,38-/m1/s1. The summed E-state index contributed by atoms with van der Waals surface area (Å²) in [6, 6.07) is 18.2. The summed E-state index contributed by atoms with van der Waals surface area (Å²) in [6.07, 6.45) is 4.24. The Morgan fingerprint density at radius 2 is 1.64 bits per heavy atom. The zero-order chi connectivity index (χ0) is 40.0. The average molecular weight is 835 g/mol. The second kappa shape index (κ2) is 18.2. The Morgan fingerprint density at radius 3 is 2.29 bits per heavy atom. The molecule has 3 aliphatic rings. The van der Waals surface area contributed by atoms with Crippen LogP contribution in [0.15, 0.2) is 70.7 Å². The number of nitrogens with one attached hydrogen (secondary N) is 1. The van der Waals surface area contributed by atoms with E-state index in [0.29, 0.717) is 73.2 Å². The van der Waals surface area contributed by atoms with Crippen molar-refractivity contribution in [2.45, 2.75) is 97.3 Å². The maximum absolute atomic E-state index is 15.1. The number of aliphatic carboxylic acids is 1. The Balaban J connectivity index is 1.26. The molecule has 2 fully saturated rings. The smallest absolute Gasteiger partial charge is 0.309 e. The van der Waals surface area contributed by atoms with Crippen LogP contribution in [-0.4, -0.2) is 83.7 Å². The lowest BCUT2D eigenvalue weighted by molar-refractivity contribution is -0.148. The van der Waals surface area contributed by atoms with E-state index in [1.54, 1.807) is 19.9 Å². The molecule has 3 aromatic carbocycles. The summed E-state index contributed by atoms with van der Waals surface area (Å²) in [6.45, 7) is 9.78. The van der Waals surface area contributed by atoms with Crippen LogP contribution in [0, 0.1) is 11.2 Å². The van der Waals surface area contributed by atoms with Gasteiger partial charge >= 0.3 is 5.97 Å². The number of hydrogen-bond acceptors (Lipinski definition) is 7. The van der Waals surface area contributed by atoms with Gasteiger partial charge < -0.3 is 34.4 Å². The van der Waals surface area contributed by atoms with Crippen LogP contribution in [0.1, 0.15) is 82.9 Å². The number of carboxylic acid groups (broad SMARTS) is 1. The average Bonchev–Trinajstić information content (AvgIpc) is 4.01. The number of ether oxygens (including phenoxy) is 3. The van der Waals surface area contributed by atoms with Gasteiger partial charge in [-0.15, -0.1) is 0 Å². The number of hydrogen-bond donors (Lipinski definition) is 2. The van der Waals surface area contributed by atoms with Crippen molar-refractivity contribution in [3.8, 4) is 17.2 Å². The largest absolute Gasteiger partial charge is 0.494 e. The van der Waals surface area contributed by atoms with Gasteiger partial charge in [0.15, 0.2) is 0 Å². The fourth-order valence-corrected chi connectivity index (χ4v) is 7.86. The van der Waals surface area contributed by atoms with E-state index >= 15 is 4.79 Å². The lowest BCUT2D eigenvalue weighted by Crippen LogP contribution is -2.62. The Labute approximate surface area is 337 Å². The highest BCUT2D eigenvalue weighted by atomic mass is 79.9. The van der Waals surface area contributed by atoms with Gasteiger partial charge in [0.25, 0.3) is 5.91 Å². The molecule has 2 bridgehead atoms. The molecular formula is C44H53BrFN3O7. The number of halogens is 2. The normalized spacial score (nSPS) is 18.1. The van der Waals surface area contributed by atoms with Crippen LogP contribution in [0.3, 0.4) is 0 Å². The molecule has 3 aromatic rings. The van der Waals surface area contributed by atoms with Crippen molar-refractivity contribution < 1.29 is 38.1 Å². The maximum Gasteiger partial charge on any atom is 0.309 e. The van der Waals surface area contributed by atoms with Gasteiger partial charge in [0.1, 0.15) is 23.1 Å². The monoisotopic (exact) mass is 833 g/mol. The van der Waals surface area contributed by atoms with E-state index in [9.17, 15) is 19.1 Å². The summed E-state index contributed by atoms with van der Waals surface area (Å²) < 4.78 is 32.0. The minimum Gasteiger partial charge on any atom is -0.494 e. The minimum absolute atomic E-state index is 0.0516. The van der Waals surface area contributed by atoms with E-state index in [1.807, 2.05) is 41.8 Å². The van der Waals surface area contributed by atoms with E-state index in [-0.39, 0.29) is 42.6 Å². The first-order valence-corrected chi connectivity index (χ1v) is 20.5. The summed E-state index contributed by atoms with van der Waals surface area (Å²) in [5.41, 5.74) is 3.66. The number of piperazine rings is 1. The molecule has 1 saturated carbocycles. The molecule has 0 unspecified atom stereocenters. The Morgan fingerprint density at radius 1 is 0.946 bits per heavy atom. The third kappa shape index (κ3) is 10.3. The molecule has 0 aromatic heterocycles. The highest BCUT2D eigenvalue weighted by Gasteiger charge is 2.43. The molecule has 2 N–H and O–H groups in total. The fourth-order valence-electron chi connectivity index (χ4n) is 7.50. The number of carboxylic acids is 1. The molecule has 2 aliphatic heterocycles. The molecule has 2 heterocycles. The van der Waals surface area contributed by atoms with Crippen LogP contribution in [0.25, 0.3) is 5.57 Å². The lowest BCUT2D eigenvalue weighted by Gasteiger charge is -2.45. The van der Waals surface area contributed by atoms with Gasteiger partial charge in [0.2, 0.25) is 5.91 Å². The molecular weight excluding hydrogens is 781 g/mol. The van der Waals surface area contributed by atoms with Crippen molar-refractivity contribution in [3.05, 3.63) is 93.2 Å². The van der Waals surface area contributed by atoms with Crippen molar-refractivity contribution in [2.24, 2.45) is 5.41 Å². The second-order valence-corrected chi connectivity index (χ2v) is 16.4. The first-order valence-electron chi connectivity index (χ1n) is 19.7. The van der Waals surface area contributed by atoms with E-state index in [2.05, 4.69) is 45.5 Å². The van der Waals surface area contributed by atoms with Gasteiger partial charge in [0.05, 0.1) is 35.8 Å². The van der Waals surface area contributed by atoms with E-state index in [1.165, 1.54) is 12.1 Å². The van der Waals surface area contributed by atoms with Crippen molar-refractivity contribution in [3.63, 3.8) is 0 Å². The molecule has 1 saturated heterocycles. The summed E-state index contributed by atoms with van der Waals surface area (Å²) in [7, 11) is 0. The van der Waals surface area contributed by atoms with Gasteiger partial charge in [-0.05, 0) is 129 Å². The number of carbonyl (C=O) groups excluding carboxylic acids is 2. The highest BCUT2D eigenvalue weighted by molar-refractivity contribution is 9.10. The van der Waals surface area contributed by atoms with Crippen LogP contribution in [0.4, 0.5) is 4.39 Å². The number of fused-ring (bicyclic) bond motifs is 2. The van der Waals surface area contributed by atoms with E-state index < -0.39 is 17.4 Å². The fraction of sp³-hybridized carbons (Fsp3) is 0.477. The topological polar surface area (TPSA) is 118 Å². The zero-order valence-electron chi connectivity index (χ0n) is 32.7. The molecule has 2 amide bonds. The molecule has 1 aliphatic carbocycles. The number of rotatable bonds is 18. The molecule has 2 atom stereocenters. The molecule has 6 rings (SSSR count). The first-order chi connectivity index (χ1) is 26.8. The van der Waals surface area contributed by atoms with Gasteiger partial charge in [-0.3, -0.25) is 14.4 Å². The van der Waals surface area contributed by atoms with Gasteiger partial charge in [-0.2, -0.15) is 0 Å². The number of aryl methyl sites for hydroxylation is 1. The molecule has 56 heavy (non-hydrogen) atoms. The number of nitrogens with zero attached hydrogens (tertiary/aromatic N) is 2. The van der Waals surface area contributed by atoms with E-state index in [4.69, 9.17) is 14.2 Å². The second-order valence-electron chi connectivity index (χ2n) is 15.6. The van der Waals surface area contributed by atoms with Gasteiger partial charge in [0, 0.05) is 55.8 Å². The van der Waals surface area contributed by atoms with E-state index in [0.717, 1.165) is 47.9 Å². The van der Waals surface area contributed by atoms with Crippen molar-refractivity contribution in [1.29, 1.82) is 0 Å². The number of carbonyl (C=O) groups is 3. The van der Waals surface area contributed by atoms with Crippen LogP contribution in [0.2, 0.25) is 0 Å². The number of benzene rings is 3. The molecule has 0 spiro atoms. The number of amides is 2. The minimum atomic E-state index is -1.02. The Kier molecular flexibility index (Phi) is 13.4. The summed E-state index contributed by atoms with van der Waals surface area (Å²) in [5, 5.41) is 13.3. The summed E-state index contributed by atoms with van der Waals surface area (Å²) in [4.78, 5) is 44.2. The molecule has 300 valence electrons. The van der Waals surface area contributed by atoms with Crippen LogP contribution in [0.5, 0.6) is 17.2 Å². The molecule has 10 nitrogen and oxygen atoms in total. The Hall–Kier alpha value is -4.42. The van der Waals surface area contributed by atoms with Crippen LogP contribution >= 0.6 is 15.9 Å². The van der Waals surface area contributed by atoms with Crippen molar-refractivity contribution >= 4 is 39.3 Å². The first kappa shape index (κ1) is 41.2. The highest BCUT2D eigenvalue weighted by Crippen LogP contribution is 2.38. The summed E-state index contributed by atoms with van der Waals surface area (Å²) in [5.74, 6) is 0.434. The Bertz CT molecular complexity index is 1910. The van der Waals surface area contributed by atoms with Gasteiger partial charge in [-0.25, -0.2) is 4.39 Å². The van der Waals surface area contributed by atoms with Crippen LogP contribution < -0.4 is 19.5 Å². The molecule has 12 heteroatoms. The predicted octanol–water partition coefficient (Wildman–Crippen LogP) is 7.81. The third-order valence-corrected chi connectivity index (χ3v) is 11.4. The summed E-state index contributed by atoms with van der Waals surface area (Å²) >= 11 is 3.41. The SMILES string of the molecule is CCOc1cc(CN(C(=O)C2=C(c3ccc(CCCOc4cc(F)ccc4Br)cc3)C[C@@H]3CN(C(=O)CCC(C)(C)C(=O)O)C[C@H]2N3)C2CC2)cc(OCC)c1. The zero-order valence-corrected chi connectivity index (χ0v) is 34.3. The van der Waals surface area contributed by atoms with Crippen molar-refractivity contribution in [2.75, 3.05) is 32.9 Å². The quantitative estimate of drug-likeness (QED) is 0.125. The lowest BCUT2D eigenvalue weighted by atomic mass is 9.82. The van der Waals surface area contributed by atoms with Crippen molar-refractivity contribution in [1.82, 2.24) is 15.1 Å². The van der Waals surface area contributed by atoms with Crippen LogP contribution in [-0.2, 0) is 27.3 Å². The maximum atomic E-state index is 15.1. The van der Waals surface area contributed by atoms with Gasteiger partial charge in [-0.1, -0.05) is 24.3 Å². The molecule has 0 radical (unpaired) electrons.